The molecule has 0 saturated carbocycles. The van der Waals surface area contributed by atoms with E-state index in [2.05, 4.69) is 20.0 Å². The molecule has 0 bridgehead atoms. The molecule has 0 amide bonds. The lowest BCUT2D eigenvalue weighted by Gasteiger charge is -2.28. The Morgan fingerprint density at radius 2 is 1.95 bits per heavy atom. The van der Waals surface area contributed by atoms with Crippen molar-refractivity contribution in [2.45, 2.75) is 71.2 Å². The monoisotopic (exact) mass is 300 g/mol. The molecule has 0 saturated heterocycles. The Labute approximate surface area is 123 Å². The Morgan fingerprint density at radius 3 is 2.40 bits per heavy atom. The fourth-order valence-electron chi connectivity index (χ4n) is 1.85. The second kappa shape index (κ2) is 10.1. The number of hydrogen-bond donors (Lipinski definition) is 1. The van der Waals surface area contributed by atoms with Crippen molar-refractivity contribution in [3.05, 3.63) is 5.57 Å². The SMILES string of the molecule is CC[Si](C)(C)OC(CCCCCC(C)=O)C(=C=O)CO. The maximum atomic E-state index is 10.9. The van der Waals surface area contributed by atoms with Crippen LogP contribution in [0.5, 0.6) is 0 Å². The fourth-order valence-corrected chi connectivity index (χ4v) is 3.05. The van der Waals surface area contributed by atoms with Crippen LogP contribution >= 0.6 is 0 Å². The lowest BCUT2D eigenvalue weighted by molar-refractivity contribution is -0.117. The summed E-state index contributed by atoms with van der Waals surface area (Å²) in [6, 6.07) is 0.964. The Balaban J connectivity index is 4.40. The Kier molecular flexibility index (Phi) is 9.68. The van der Waals surface area contributed by atoms with E-state index in [1.54, 1.807) is 6.92 Å². The van der Waals surface area contributed by atoms with E-state index in [0.717, 1.165) is 25.3 Å². The number of ketones is 1. The van der Waals surface area contributed by atoms with E-state index < -0.39 is 8.32 Å². The van der Waals surface area contributed by atoms with Gasteiger partial charge in [0.2, 0.25) is 0 Å². The molecular weight excluding hydrogens is 272 g/mol. The highest BCUT2D eigenvalue weighted by molar-refractivity contribution is 6.71. The van der Waals surface area contributed by atoms with Gasteiger partial charge >= 0.3 is 0 Å². The topological polar surface area (TPSA) is 63.6 Å². The van der Waals surface area contributed by atoms with E-state index in [9.17, 15) is 14.7 Å². The van der Waals surface area contributed by atoms with Crippen molar-refractivity contribution in [2.75, 3.05) is 6.61 Å². The molecule has 0 aliphatic rings. The highest BCUT2D eigenvalue weighted by Crippen LogP contribution is 2.21. The maximum absolute atomic E-state index is 10.9. The normalized spacial score (nSPS) is 12.8. The van der Waals surface area contributed by atoms with Crippen molar-refractivity contribution < 1.29 is 19.1 Å². The molecular formula is C15H28O4Si. The third-order valence-electron chi connectivity index (χ3n) is 3.50. The summed E-state index contributed by atoms with van der Waals surface area (Å²) >= 11 is 0. The van der Waals surface area contributed by atoms with Crippen molar-refractivity contribution in [1.82, 2.24) is 0 Å². The van der Waals surface area contributed by atoms with Gasteiger partial charge in [0.15, 0.2) is 8.32 Å². The summed E-state index contributed by atoms with van der Waals surface area (Å²) in [6.45, 7) is 7.60. The average Bonchev–Trinajstić information content (AvgIpc) is 2.38. The van der Waals surface area contributed by atoms with Gasteiger partial charge in [-0.25, -0.2) is 4.79 Å². The lowest BCUT2D eigenvalue weighted by Crippen LogP contribution is -2.36. The van der Waals surface area contributed by atoms with Crippen LogP contribution in [-0.4, -0.2) is 37.9 Å². The molecule has 0 aliphatic carbocycles. The van der Waals surface area contributed by atoms with E-state index in [0.29, 0.717) is 18.4 Å². The van der Waals surface area contributed by atoms with Crippen molar-refractivity contribution in [2.24, 2.45) is 0 Å². The zero-order valence-corrected chi connectivity index (χ0v) is 14.2. The molecule has 1 atom stereocenters. The standard InChI is InChI=1S/C15H28O4Si/c1-5-20(3,4)19-15(14(11-16)12-17)10-8-6-7-9-13(2)18/h15-16H,5-11H2,1-4H3. The molecule has 0 fully saturated rings. The van der Waals surface area contributed by atoms with E-state index in [1.807, 2.05) is 5.94 Å². The summed E-state index contributed by atoms with van der Waals surface area (Å²) in [5.41, 5.74) is 0.311. The second-order valence-corrected chi connectivity index (χ2v) is 10.3. The highest BCUT2D eigenvalue weighted by atomic mass is 28.4. The highest BCUT2D eigenvalue weighted by Gasteiger charge is 2.27. The smallest absolute Gasteiger partial charge is 0.187 e. The van der Waals surface area contributed by atoms with Crippen LogP contribution in [0.4, 0.5) is 0 Å². The van der Waals surface area contributed by atoms with Gasteiger partial charge < -0.3 is 14.3 Å². The van der Waals surface area contributed by atoms with Crippen molar-refractivity contribution in [1.29, 1.82) is 0 Å². The van der Waals surface area contributed by atoms with Gasteiger partial charge in [-0.1, -0.05) is 19.8 Å². The van der Waals surface area contributed by atoms with Crippen LogP contribution in [0, 0.1) is 0 Å². The summed E-state index contributed by atoms with van der Waals surface area (Å²) in [5.74, 6) is 2.03. The van der Waals surface area contributed by atoms with Gasteiger partial charge in [-0.3, -0.25) is 0 Å². The van der Waals surface area contributed by atoms with Crippen LogP contribution < -0.4 is 0 Å². The van der Waals surface area contributed by atoms with Crippen molar-refractivity contribution in [3.8, 4) is 0 Å². The van der Waals surface area contributed by atoms with Gasteiger partial charge in [-0.05, 0) is 38.9 Å². The van der Waals surface area contributed by atoms with Crippen LogP contribution in [0.15, 0.2) is 5.57 Å². The summed E-state index contributed by atoms with van der Waals surface area (Å²) < 4.78 is 6.07. The van der Waals surface area contributed by atoms with Gasteiger partial charge in [-0.15, -0.1) is 0 Å². The summed E-state index contributed by atoms with van der Waals surface area (Å²) in [7, 11) is -1.79. The summed E-state index contributed by atoms with van der Waals surface area (Å²) in [5, 5.41) is 9.23. The molecule has 1 unspecified atom stereocenters. The third kappa shape index (κ3) is 8.43. The Hall–Kier alpha value is -0.743. The first-order valence-electron chi connectivity index (χ1n) is 7.38. The molecule has 0 aromatic rings. The number of carbonyl (C=O) groups excluding carboxylic acids is 2. The van der Waals surface area contributed by atoms with Crippen LogP contribution in [0.1, 0.15) is 46.0 Å². The molecule has 5 heteroatoms. The number of aliphatic hydroxyl groups is 1. The minimum Gasteiger partial charge on any atom is -0.410 e. The number of carbonyl (C=O) groups is 1. The molecule has 0 rings (SSSR count). The zero-order valence-electron chi connectivity index (χ0n) is 13.2. The first kappa shape index (κ1) is 19.3. The van der Waals surface area contributed by atoms with Crippen molar-refractivity contribution in [3.63, 3.8) is 0 Å². The van der Waals surface area contributed by atoms with Gasteiger partial charge in [-0.2, -0.15) is 0 Å². The number of rotatable bonds is 11. The largest absolute Gasteiger partial charge is 0.410 e. The van der Waals surface area contributed by atoms with Crippen molar-refractivity contribution >= 4 is 20.0 Å². The number of unbranched alkanes of at least 4 members (excludes halogenated alkanes) is 2. The Morgan fingerprint density at radius 1 is 1.30 bits per heavy atom. The van der Waals surface area contributed by atoms with Gasteiger partial charge in [0.25, 0.3) is 0 Å². The van der Waals surface area contributed by atoms with Crippen LogP contribution in [0.25, 0.3) is 0 Å². The number of hydrogen-bond acceptors (Lipinski definition) is 4. The van der Waals surface area contributed by atoms with Gasteiger partial charge in [0.1, 0.15) is 11.7 Å². The zero-order chi connectivity index (χ0) is 15.6. The Bertz CT molecular complexity index is 346. The van der Waals surface area contributed by atoms with E-state index >= 15 is 0 Å². The fraction of sp³-hybridized carbons (Fsp3) is 0.800. The molecule has 0 aliphatic heterocycles. The van der Waals surface area contributed by atoms with Gasteiger partial charge in [0, 0.05) is 6.42 Å². The molecule has 4 nitrogen and oxygen atoms in total. The molecule has 0 aromatic heterocycles. The lowest BCUT2D eigenvalue weighted by atomic mass is 10.0. The molecule has 20 heavy (non-hydrogen) atoms. The van der Waals surface area contributed by atoms with Crippen LogP contribution in [0.2, 0.25) is 19.1 Å². The molecule has 116 valence electrons. The number of aliphatic hydroxyl groups excluding tert-OH is 1. The predicted octanol–water partition coefficient (Wildman–Crippen LogP) is 2.89. The quantitative estimate of drug-likeness (QED) is 0.362. The molecule has 1 N–H and O–H groups in total. The minimum atomic E-state index is -1.79. The number of Topliss-reactive ketones (excluding diaryl/α,β-unsaturated/α-hetero) is 1. The summed E-state index contributed by atoms with van der Waals surface area (Å²) in [6.07, 6.45) is 3.69. The average molecular weight is 300 g/mol. The minimum absolute atomic E-state index is 0.209. The molecule has 0 radical (unpaired) electrons. The first-order chi connectivity index (χ1) is 9.36. The maximum Gasteiger partial charge on any atom is 0.187 e. The van der Waals surface area contributed by atoms with E-state index in [1.165, 1.54) is 0 Å². The van der Waals surface area contributed by atoms with Crippen LogP contribution in [0.3, 0.4) is 0 Å². The van der Waals surface area contributed by atoms with E-state index in [4.69, 9.17) is 4.43 Å². The van der Waals surface area contributed by atoms with Gasteiger partial charge in [0.05, 0.1) is 18.3 Å². The third-order valence-corrected chi connectivity index (χ3v) is 6.12. The molecule has 0 aromatic carbocycles. The van der Waals surface area contributed by atoms with Crippen LogP contribution in [-0.2, 0) is 14.0 Å². The summed E-state index contributed by atoms with van der Waals surface area (Å²) in [4.78, 5) is 21.8. The molecule has 0 spiro atoms. The first-order valence-corrected chi connectivity index (χ1v) is 10.5. The molecule has 0 heterocycles. The van der Waals surface area contributed by atoms with E-state index in [-0.39, 0.29) is 18.5 Å². The predicted molar refractivity (Wildman–Crippen MR) is 82.9 cm³/mol. The second-order valence-electron chi connectivity index (χ2n) is 5.81.